The van der Waals surface area contributed by atoms with Crippen LogP contribution in [-0.4, -0.2) is 64.8 Å². The highest BCUT2D eigenvalue weighted by Gasteiger charge is 2.24. The van der Waals surface area contributed by atoms with Crippen LogP contribution < -0.4 is 4.74 Å². The smallest absolute Gasteiger partial charge is 0.335 e. The van der Waals surface area contributed by atoms with E-state index in [4.69, 9.17) is 14.5 Å². The van der Waals surface area contributed by atoms with Crippen LogP contribution in [0.4, 0.5) is 4.39 Å². The molecule has 1 aliphatic heterocycles. The zero-order valence-corrected chi connectivity index (χ0v) is 29.5. The average Bonchev–Trinajstić information content (AvgIpc) is 3.40. The van der Waals surface area contributed by atoms with Crippen LogP contribution in [0.25, 0.3) is 39.9 Å². The summed E-state index contributed by atoms with van der Waals surface area (Å²) in [6, 6.07) is 13.6. The number of amides is 1. The van der Waals surface area contributed by atoms with Crippen molar-refractivity contribution >= 4 is 40.5 Å². The Balaban J connectivity index is 0.00000174. The lowest BCUT2D eigenvalue weighted by molar-refractivity contribution is -0.135. The maximum absolute atomic E-state index is 15.0. The molecule has 1 fully saturated rings. The summed E-state index contributed by atoms with van der Waals surface area (Å²) in [5.41, 5.74) is 6.13. The third kappa shape index (κ3) is 8.83. The van der Waals surface area contributed by atoms with Gasteiger partial charge in [0.1, 0.15) is 18.1 Å². The third-order valence-corrected chi connectivity index (χ3v) is 8.33. The fourth-order valence-electron chi connectivity index (χ4n) is 6.01. The molecule has 2 aromatic carbocycles. The van der Waals surface area contributed by atoms with Gasteiger partial charge in [0.05, 0.1) is 42.8 Å². The molecular weight excluding hydrogens is 621 g/mol. The Morgan fingerprint density at radius 1 is 1.06 bits per heavy atom. The maximum atomic E-state index is 15.0. The van der Waals surface area contributed by atoms with E-state index in [0.717, 1.165) is 47.0 Å². The van der Waals surface area contributed by atoms with Gasteiger partial charge in [-0.05, 0) is 80.3 Å². The fraction of sp³-hybridized carbons (Fsp3) is 0.375. The first kappa shape index (κ1) is 37.1. The van der Waals surface area contributed by atoms with Crippen LogP contribution in [0, 0.1) is 5.82 Å². The van der Waals surface area contributed by atoms with E-state index in [0.29, 0.717) is 54.5 Å². The first-order valence-electron chi connectivity index (χ1n) is 17.1. The second-order valence-corrected chi connectivity index (χ2v) is 12.1. The molecule has 2 aromatic heterocycles. The molecule has 0 unspecified atom stereocenters. The molecular formula is C40H48FN3O5. The Morgan fingerprint density at radius 2 is 1.80 bits per heavy atom. The topological polar surface area (TPSA) is 93.9 Å². The van der Waals surface area contributed by atoms with Crippen LogP contribution in [0.2, 0.25) is 0 Å². The summed E-state index contributed by atoms with van der Waals surface area (Å²) in [6.07, 6.45) is 9.75. The molecule has 0 saturated carbocycles. The Hall–Kier alpha value is -4.76. The van der Waals surface area contributed by atoms with Gasteiger partial charge in [-0.2, -0.15) is 0 Å². The van der Waals surface area contributed by atoms with Gasteiger partial charge in [-0.3, -0.25) is 4.79 Å². The van der Waals surface area contributed by atoms with Crippen molar-refractivity contribution in [3.8, 4) is 17.0 Å². The summed E-state index contributed by atoms with van der Waals surface area (Å²) in [5.74, 6) is -1.05. The molecule has 1 aliphatic rings. The number of aryl methyl sites for hydroxylation is 1. The number of aromatic nitrogens is 2. The predicted molar refractivity (Wildman–Crippen MR) is 195 cm³/mol. The number of carboxylic acids is 1. The number of fused-ring (bicyclic) bond motifs is 1. The summed E-state index contributed by atoms with van der Waals surface area (Å²) in [4.78, 5) is 32.2. The number of ether oxygens (including phenoxy) is 2. The number of carbonyl (C=O) groups excluding carboxylic acids is 1. The number of pyridine rings is 1. The number of carbonyl (C=O) groups is 2. The lowest BCUT2D eigenvalue weighted by Gasteiger charge is -2.27. The Labute approximate surface area is 288 Å². The zero-order chi connectivity index (χ0) is 35.5. The number of allylic oxidation sites excluding steroid dienone is 2. The lowest BCUT2D eigenvalue weighted by atomic mass is 9.98. The number of hydrogen-bond acceptors (Lipinski definition) is 5. The highest BCUT2D eigenvalue weighted by molar-refractivity contribution is 5.99. The summed E-state index contributed by atoms with van der Waals surface area (Å²) >= 11 is 0. The quantitative estimate of drug-likeness (QED) is 0.172. The Morgan fingerprint density at radius 3 is 2.43 bits per heavy atom. The van der Waals surface area contributed by atoms with Crippen LogP contribution >= 0.6 is 0 Å². The van der Waals surface area contributed by atoms with Gasteiger partial charge in [0.2, 0.25) is 5.91 Å². The molecule has 4 aromatic rings. The van der Waals surface area contributed by atoms with E-state index in [-0.39, 0.29) is 18.0 Å². The predicted octanol–water partition coefficient (Wildman–Crippen LogP) is 8.76. The number of unbranched alkanes of at least 4 members (excludes halogenated alkanes) is 1. The summed E-state index contributed by atoms with van der Waals surface area (Å²) in [5, 5.41) is 10.8. The van der Waals surface area contributed by atoms with E-state index >= 15 is 0 Å². The number of aromatic carboxylic acids is 1. The number of carboxylic acid groups (broad SMARTS) is 1. The van der Waals surface area contributed by atoms with Crippen molar-refractivity contribution in [2.75, 3.05) is 33.4 Å². The minimum absolute atomic E-state index is 0.0424. The van der Waals surface area contributed by atoms with Crippen molar-refractivity contribution in [1.82, 2.24) is 14.5 Å². The average molecular weight is 670 g/mol. The summed E-state index contributed by atoms with van der Waals surface area (Å²) in [7, 11) is 1.50. The third-order valence-electron chi connectivity index (χ3n) is 8.33. The largest absolute Gasteiger partial charge is 0.497 e. The Kier molecular flexibility index (Phi) is 13.3. The van der Waals surface area contributed by atoms with Crippen molar-refractivity contribution < 1.29 is 28.6 Å². The van der Waals surface area contributed by atoms with Crippen LogP contribution in [0.3, 0.4) is 0 Å². The van der Waals surface area contributed by atoms with Gasteiger partial charge in [0, 0.05) is 41.4 Å². The molecule has 5 rings (SSSR count). The van der Waals surface area contributed by atoms with E-state index in [9.17, 15) is 19.1 Å². The molecule has 49 heavy (non-hydrogen) atoms. The molecule has 0 atom stereocenters. The normalized spacial score (nSPS) is 13.4. The van der Waals surface area contributed by atoms with Crippen molar-refractivity contribution in [3.05, 3.63) is 88.5 Å². The van der Waals surface area contributed by atoms with E-state index in [2.05, 4.69) is 20.8 Å². The van der Waals surface area contributed by atoms with E-state index in [1.165, 1.54) is 19.6 Å². The van der Waals surface area contributed by atoms with Crippen LogP contribution in [0.15, 0.2) is 54.6 Å². The van der Waals surface area contributed by atoms with E-state index in [1.54, 1.807) is 35.2 Å². The van der Waals surface area contributed by atoms with Gasteiger partial charge in [0.25, 0.3) is 0 Å². The second kappa shape index (κ2) is 17.6. The summed E-state index contributed by atoms with van der Waals surface area (Å²) in [6.45, 7) is 12.4. The van der Waals surface area contributed by atoms with E-state index < -0.39 is 11.8 Å². The lowest BCUT2D eigenvalue weighted by Crippen LogP contribution is -2.42. The summed E-state index contributed by atoms with van der Waals surface area (Å²) < 4.78 is 27.5. The monoisotopic (exact) mass is 669 g/mol. The first-order chi connectivity index (χ1) is 23.7. The van der Waals surface area contributed by atoms with Crippen LogP contribution in [-0.2, 0) is 22.5 Å². The molecule has 0 aliphatic carbocycles. The van der Waals surface area contributed by atoms with Gasteiger partial charge < -0.3 is 24.0 Å². The number of nitrogens with zero attached hydrogens (tertiary/aromatic N) is 3. The highest BCUT2D eigenvalue weighted by Crippen LogP contribution is 2.35. The van der Waals surface area contributed by atoms with Crippen LogP contribution in [0.1, 0.15) is 86.8 Å². The first-order valence-corrected chi connectivity index (χ1v) is 17.1. The molecule has 0 radical (unpaired) electrons. The molecule has 0 bridgehead atoms. The number of hydrogen-bond donors (Lipinski definition) is 1. The molecule has 1 amide bonds. The van der Waals surface area contributed by atoms with Crippen molar-refractivity contribution in [3.63, 3.8) is 0 Å². The van der Waals surface area contributed by atoms with Gasteiger partial charge in [-0.15, -0.1) is 0 Å². The minimum atomic E-state index is -1.02. The van der Waals surface area contributed by atoms with Crippen LogP contribution in [0.5, 0.6) is 5.75 Å². The molecule has 9 heteroatoms. The van der Waals surface area contributed by atoms with E-state index in [1.807, 2.05) is 48.8 Å². The highest BCUT2D eigenvalue weighted by atomic mass is 19.1. The second-order valence-electron chi connectivity index (χ2n) is 12.1. The number of rotatable bonds is 11. The van der Waals surface area contributed by atoms with Gasteiger partial charge in [0.15, 0.2) is 0 Å². The number of morpholine rings is 1. The standard InChI is InChI=1S/C37H40FN3O5.C3H8/c1-5-7-9-29-28-13-10-26(37(43)44)21-34(28)41(23-35(42)40-16-18-46-19-17-40)36(29)24(3)20-25-11-15-33(39-32(25)8-6-2)30-14-12-27(45-4)22-31(30)38;1-3-2/h6,8,10-15,20-22H,5,7,9,16-19,23H2,1-4H3,(H,43,44);3H2,1-2H3/b8-6-,24-20+;. The van der Waals surface area contributed by atoms with Gasteiger partial charge in [-0.25, -0.2) is 14.2 Å². The number of methoxy groups -OCH3 is 1. The van der Waals surface area contributed by atoms with Crippen molar-refractivity contribution in [2.24, 2.45) is 0 Å². The fourth-order valence-corrected chi connectivity index (χ4v) is 6.01. The molecule has 8 nitrogen and oxygen atoms in total. The number of halogens is 1. The van der Waals surface area contributed by atoms with Crippen molar-refractivity contribution in [1.29, 1.82) is 0 Å². The van der Waals surface area contributed by atoms with Gasteiger partial charge >= 0.3 is 5.97 Å². The molecule has 1 saturated heterocycles. The van der Waals surface area contributed by atoms with Gasteiger partial charge in [-0.1, -0.05) is 51.8 Å². The molecule has 3 heterocycles. The van der Waals surface area contributed by atoms with Crippen molar-refractivity contribution in [2.45, 2.75) is 66.8 Å². The Bertz CT molecular complexity index is 1840. The number of benzene rings is 2. The molecule has 1 N–H and O–H groups in total. The molecule has 260 valence electrons. The zero-order valence-electron chi connectivity index (χ0n) is 29.5. The maximum Gasteiger partial charge on any atom is 0.335 e. The SMILES string of the molecule is C/C=C\c1nc(-c2ccc(OC)cc2F)ccc1/C=C(\C)c1c(CCCC)c2ccc(C(=O)O)cc2n1CC(=O)N1CCOCC1.CCC. The minimum Gasteiger partial charge on any atom is -0.497 e. The molecule has 0 spiro atoms.